The Balaban J connectivity index is 1.93. The molecule has 0 saturated carbocycles. The molecule has 3 aromatic heterocycles. The van der Waals surface area contributed by atoms with E-state index in [9.17, 15) is 20.1 Å². The predicted molar refractivity (Wildman–Crippen MR) is 187 cm³/mol. The standard InChI is InChI=1S/C38H36N6O4/c1-21-25(9-7-15-39)33-18-31-22(2)26(10-8-16-40)34(43-31)19-32-24(4)28(12-14-38(46)48-6)36(44-32)20-35-27(11-13-37(45)47-5)23(3)30(42-35)17-29(21)41-33/h7-10,17-20,41,43H,11-14H2,1-6H3/b9-7+,10-8+,29-17?,30-17?,31-18?,32-19?,33-18?,34-19?,35-20?,36-20?. The van der Waals surface area contributed by atoms with E-state index in [4.69, 9.17) is 19.4 Å². The maximum atomic E-state index is 12.2. The summed E-state index contributed by atoms with van der Waals surface area (Å²) < 4.78 is 9.88. The highest BCUT2D eigenvalue weighted by atomic mass is 16.5. The number of aromatic nitrogens is 4. The number of nitrogens with zero attached hydrogens (tertiary/aromatic N) is 4. The molecule has 3 aromatic rings. The molecule has 48 heavy (non-hydrogen) atoms. The van der Waals surface area contributed by atoms with Crippen molar-refractivity contribution >= 4 is 68.4 Å². The maximum absolute atomic E-state index is 12.2. The summed E-state index contributed by atoms with van der Waals surface area (Å²) >= 11 is 0. The number of esters is 2. The van der Waals surface area contributed by atoms with Gasteiger partial charge in [-0.15, -0.1) is 0 Å². The van der Waals surface area contributed by atoms with Crippen LogP contribution in [0.1, 0.15) is 84.6 Å². The van der Waals surface area contributed by atoms with E-state index in [2.05, 4.69) is 22.1 Å². The predicted octanol–water partition coefficient (Wildman–Crippen LogP) is 7.77. The molecule has 0 amide bonds. The molecule has 10 heteroatoms. The Bertz CT molecular complexity index is 2210. The molecule has 242 valence electrons. The number of hydrogen-bond acceptors (Lipinski definition) is 8. The Morgan fingerprint density at radius 1 is 0.667 bits per heavy atom. The fraction of sp³-hybridized carbons (Fsp3) is 0.263. The van der Waals surface area contributed by atoms with Gasteiger partial charge >= 0.3 is 11.9 Å². The third-order valence-electron chi connectivity index (χ3n) is 8.90. The van der Waals surface area contributed by atoms with E-state index in [1.165, 1.54) is 26.4 Å². The number of fused-ring (bicyclic) bond motifs is 8. The number of carbonyl (C=O) groups excluding carboxylic acids is 2. The van der Waals surface area contributed by atoms with E-state index >= 15 is 0 Å². The number of nitriles is 2. The number of hydrogen-bond donors (Lipinski definition) is 2. The zero-order valence-electron chi connectivity index (χ0n) is 27.9. The van der Waals surface area contributed by atoms with Crippen molar-refractivity contribution in [1.82, 2.24) is 19.9 Å². The average molecular weight is 641 g/mol. The van der Waals surface area contributed by atoms with Gasteiger partial charge in [-0.2, -0.15) is 10.5 Å². The summed E-state index contributed by atoms with van der Waals surface area (Å²) in [6.07, 6.45) is 7.63. The van der Waals surface area contributed by atoms with Crippen LogP contribution in [0.5, 0.6) is 0 Å². The van der Waals surface area contributed by atoms with Gasteiger partial charge in [0.25, 0.3) is 0 Å². The van der Waals surface area contributed by atoms with E-state index in [-0.39, 0.29) is 24.8 Å². The first-order chi connectivity index (χ1) is 23.1. The number of H-pyrrole nitrogens is 2. The minimum Gasteiger partial charge on any atom is -0.469 e. The molecular formula is C38H36N6O4. The molecule has 0 unspecified atom stereocenters. The Labute approximate surface area is 278 Å². The van der Waals surface area contributed by atoms with E-state index in [0.29, 0.717) is 29.9 Å². The van der Waals surface area contributed by atoms with Gasteiger partial charge in [0.2, 0.25) is 0 Å². The molecule has 10 nitrogen and oxygen atoms in total. The molecule has 0 fully saturated rings. The SMILES string of the molecule is COC(=O)CCC1=C(C)c2cc3[nH]c(cc4[nH]c(cc5nc(cc1n2)C(CCC(=O)OC)=C5C)c(/C=C/C#N)c4C)c(/C=C/C#N)c3C. The van der Waals surface area contributed by atoms with Crippen molar-refractivity contribution in [3.8, 4) is 12.1 Å². The van der Waals surface area contributed by atoms with Gasteiger partial charge in [0.05, 0.1) is 49.1 Å². The zero-order chi connectivity index (χ0) is 34.5. The van der Waals surface area contributed by atoms with Gasteiger partial charge in [-0.05, 0) is 110 Å². The highest BCUT2D eigenvalue weighted by Crippen LogP contribution is 2.38. The smallest absolute Gasteiger partial charge is 0.305 e. The van der Waals surface area contributed by atoms with Crippen LogP contribution in [0.2, 0.25) is 0 Å². The Hall–Kier alpha value is -6.00. The lowest BCUT2D eigenvalue weighted by molar-refractivity contribution is -0.141. The van der Waals surface area contributed by atoms with Crippen molar-refractivity contribution in [2.45, 2.75) is 53.4 Å². The molecular weight excluding hydrogens is 604 g/mol. The van der Waals surface area contributed by atoms with Crippen molar-refractivity contribution in [2.24, 2.45) is 0 Å². The van der Waals surface area contributed by atoms with Crippen molar-refractivity contribution in [2.75, 3.05) is 14.2 Å². The van der Waals surface area contributed by atoms with Crippen molar-refractivity contribution < 1.29 is 19.1 Å². The molecule has 0 aromatic carbocycles. The van der Waals surface area contributed by atoms with Crippen molar-refractivity contribution in [3.05, 3.63) is 81.4 Å². The summed E-state index contributed by atoms with van der Waals surface area (Å²) in [5.74, 6) is -0.642. The minimum absolute atomic E-state index is 0.179. The normalized spacial score (nSPS) is 12.9. The van der Waals surface area contributed by atoms with Gasteiger partial charge in [0, 0.05) is 58.2 Å². The highest BCUT2D eigenvalue weighted by molar-refractivity contribution is 5.97. The minimum atomic E-state index is -0.322. The molecule has 2 aliphatic heterocycles. The average Bonchev–Trinajstić information content (AvgIpc) is 3.73. The molecule has 0 spiro atoms. The molecule has 5 rings (SSSR count). The Morgan fingerprint density at radius 3 is 1.52 bits per heavy atom. The van der Waals surface area contributed by atoms with E-state index in [0.717, 1.165) is 72.3 Å². The van der Waals surface area contributed by atoms with Crippen LogP contribution in [0, 0.1) is 36.5 Å². The Kier molecular flexibility index (Phi) is 9.86. The number of ether oxygens (including phenoxy) is 2. The highest BCUT2D eigenvalue weighted by Gasteiger charge is 2.23. The molecule has 0 atom stereocenters. The fourth-order valence-electron chi connectivity index (χ4n) is 6.11. The van der Waals surface area contributed by atoms with Gasteiger partial charge in [0.15, 0.2) is 0 Å². The number of allylic oxidation sites excluding steroid dienone is 6. The van der Waals surface area contributed by atoms with Gasteiger partial charge in [-0.25, -0.2) is 9.97 Å². The second kappa shape index (κ2) is 14.2. The number of rotatable bonds is 8. The molecule has 5 heterocycles. The van der Waals surface area contributed by atoms with Gasteiger partial charge in [-0.3, -0.25) is 9.59 Å². The van der Waals surface area contributed by atoms with E-state index in [1.807, 2.05) is 52.0 Å². The first-order valence-corrected chi connectivity index (χ1v) is 15.5. The first-order valence-electron chi connectivity index (χ1n) is 15.5. The Morgan fingerprint density at radius 2 is 1.08 bits per heavy atom. The fourth-order valence-corrected chi connectivity index (χ4v) is 6.11. The van der Waals surface area contributed by atoms with Crippen LogP contribution < -0.4 is 0 Å². The number of nitrogens with one attached hydrogen (secondary N) is 2. The number of methoxy groups -OCH3 is 2. The summed E-state index contributed by atoms with van der Waals surface area (Å²) in [7, 11) is 2.74. The number of aryl methyl sites for hydroxylation is 2. The summed E-state index contributed by atoms with van der Waals surface area (Å²) in [6, 6.07) is 12.0. The van der Waals surface area contributed by atoms with Crippen molar-refractivity contribution in [1.29, 1.82) is 10.5 Å². The second-order valence-corrected chi connectivity index (χ2v) is 11.6. The van der Waals surface area contributed by atoms with Gasteiger partial charge in [0.1, 0.15) is 0 Å². The lowest BCUT2D eigenvalue weighted by Crippen LogP contribution is -2.01. The van der Waals surface area contributed by atoms with Crippen LogP contribution in [-0.2, 0) is 19.1 Å². The van der Waals surface area contributed by atoms with Crippen LogP contribution in [-0.4, -0.2) is 46.1 Å². The molecule has 0 aliphatic carbocycles. The molecule has 0 saturated heterocycles. The lowest BCUT2D eigenvalue weighted by atomic mass is 9.98. The first kappa shape index (κ1) is 33.4. The molecule has 2 aliphatic rings. The summed E-state index contributed by atoms with van der Waals surface area (Å²) in [5.41, 5.74) is 13.2. The third kappa shape index (κ3) is 6.60. The van der Waals surface area contributed by atoms with E-state index in [1.54, 1.807) is 12.2 Å². The van der Waals surface area contributed by atoms with Crippen LogP contribution >= 0.6 is 0 Å². The maximum Gasteiger partial charge on any atom is 0.305 e. The lowest BCUT2D eigenvalue weighted by Gasteiger charge is -2.06. The largest absolute Gasteiger partial charge is 0.469 e. The molecule has 0 radical (unpaired) electrons. The molecule has 8 bridgehead atoms. The van der Waals surface area contributed by atoms with Crippen LogP contribution in [0.15, 0.2) is 36.4 Å². The van der Waals surface area contributed by atoms with Crippen LogP contribution in [0.4, 0.5) is 0 Å². The van der Waals surface area contributed by atoms with Crippen LogP contribution in [0.3, 0.4) is 0 Å². The second-order valence-electron chi connectivity index (χ2n) is 11.6. The number of carbonyl (C=O) groups is 2. The number of aromatic amines is 2. The van der Waals surface area contributed by atoms with Crippen molar-refractivity contribution in [3.63, 3.8) is 0 Å². The third-order valence-corrected chi connectivity index (χ3v) is 8.90. The van der Waals surface area contributed by atoms with Gasteiger partial charge < -0.3 is 19.4 Å². The summed E-state index contributed by atoms with van der Waals surface area (Å²) in [4.78, 5) is 41.6. The molecule has 2 N–H and O–H groups in total. The summed E-state index contributed by atoms with van der Waals surface area (Å²) in [5, 5.41) is 18.7. The van der Waals surface area contributed by atoms with Gasteiger partial charge in [-0.1, -0.05) is 0 Å². The zero-order valence-corrected chi connectivity index (χ0v) is 27.9. The van der Waals surface area contributed by atoms with E-state index < -0.39 is 0 Å². The quantitative estimate of drug-likeness (QED) is 0.187. The topological polar surface area (TPSA) is 158 Å². The van der Waals surface area contributed by atoms with Crippen LogP contribution in [0.25, 0.3) is 56.5 Å². The monoisotopic (exact) mass is 640 g/mol. The summed E-state index contributed by atoms with van der Waals surface area (Å²) in [6.45, 7) is 7.93.